The lowest BCUT2D eigenvalue weighted by Crippen LogP contribution is -2.36. The molecule has 122 valence electrons. The fourth-order valence-corrected chi connectivity index (χ4v) is 4.04. The van der Waals surface area contributed by atoms with Gasteiger partial charge in [0, 0.05) is 38.0 Å². The van der Waals surface area contributed by atoms with Crippen molar-refractivity contribution < 1.29 is 13.2 Å². The molecule has 1 unspecified atom stereocenters. The van der Waals surface area contributed by atoms with E-state index in [-0.39, 0.29) is 16.9 Å². The molecule has 1 aliphatic rings. The number of rotatable bonds is 5. The minimum absolute atomic E-state index is 0.168. The molecule has 0 spiro atoms. The van der Waals surface area contributed by atoms with Crippen molar-refractivity contribution in [2.24, 2.45) is 5.92 Å². The van der Waals surface area contributed by atoms with E-state index in [0.717, 1.165) is 18.4 Å². The van der Waals surface area contributed by atoms with Gasteiger partial charge in [0.25, 0.3) is 0 Å². The maximum atomic E-state index is 12.7. The van der Waals surface area contributed by atoms with E-state index in [1.165, 1.54) is 6.20 Å². The van der Waals surface area contributed by atoms with E-state index >= 15 is 0 Å². The van der Waals surface area contributed by atoms with Gasteiger partial charge in [0.05, 0.1) is 6.04 Å². The van der Waals surface area contributed by atoms with Gasteiger partial charge in [-0.25, -0.2) is 13.1 Å². The van der Waals surface area contributed by atoms with Crippen molar-refractivity contribution >= 4 is 10.0 Å². The van der Waals surface area contributed by atoms with Crippen LogP contribution in [0, 0.1) is 5.92 Å². The van der Waals surface area contributed by atoms with Gasteiger partial charge >= 0.3 is 0 Å². The molecular formula is C16H19N3O3S. The van der Waals surface area contributed by atoms with Crippen molar-refractivity contribution in [3.8, 4) is 0 Å². The Morgan fingerprint density at radius 1 is 1.09 bits per heavy atom. The van der Waals surface area contributed by atoms with Gasteiger partial charge in [0.15, 0.2) is 0 Å². The van der Waals surface area contributed by atoms with Crippen LogP contribution in [-0.4, -0.2) is 31.6 Å². The number of nitrogens with zero attached hydrogens (tertiary/aromatic N) is 2. The Hall–Kier alpha value is -1.83. The fourth-order valence-electron chi connectivity index (χ4n) is 2.79. The number of aromatic nitrogens is 2. The predicted molar refractivity (Wildman–Crippen MR) is 85.1 cm³/mol. The Morgan fingerprint density at radius 2 is 1.78 bits per heavy atom. The molecule has 1 atom stereocenters. The van der Waals surface area contributed by atoms with Crippen LogP contribution < -0.4 is 4.72 Å². The highest BCUT2D eigenvalue weighted by atomic mass is 32.2. The van der Waals surface area contributed by atoms with Gasteiger partial charge in [-0.05, 0) is 42.5 Å². The fraction of sp³-hybridized carbons (Fsp3) is 0.375. The molecule has 0 saturated carbocycles. The maximum absolute atomic E-state index is 12.7. The molecule has 7 heteroatoms. The summed E-state index contributed by atoms with van der Waals surface area (Å²) in [5, 5.41) is 0. The molecule has 1 aliphatic heterocycles. The number of hydrogen-bond acceptors (Lipinski definition) is 5. The molecule has 0 aliphatic carbocycles. The second-order valence-corrected chi connectivity index (χ2v) is 7.24. The van der Waals surface area contributed by atoms with Gasteiger partial charge in [-0.3, -0.25) is 9.97 Å². The highest BCUT2D eigenvalue weighted by Crippen LogP contribution is 2.31. The molecule has 2 aromatic rings. The average molecular weight is 333 g/mol. The smallest absolute Gasteiger partial charge is 0.242 e. The minimum atomic E-state index is -3.64. The molecule has 1 fully saturated rings. The van der Waals surface area contributed by atoms with Gasteiger partial charge < -0.3 is 4.74 Å². The lowest BCUT2D eigenvalue weighted by atomic mass is 9.88. The van der Waals surface area contributed by atoms with Crippen molar-refractivity contribution in [3.63, 3.8) is 0 Å². The van der Waals surface area contributed by atoms with Crippen LogP contribution in [0.5, 0.6) is 0 Å². The summed E-state index contributed by atoms with van der Waals surface area (Å²) in [5.41, 5.74) is 0.867. The number of ether oxygens (including phenoxy) is 1. The summed E-state index contributed by atoms with van der Waals surface area (Å²) >= 11 is 0. The normalized spacial score (nSPS) is 17.7. The van der Waals surface area contributed by atoms with Crippen molar-refractivity contribution in [1.29, 1.82) is 0 Å². The molecule has 6 nitrogen and oxygen atoms in total. The molecule has 0 amide bonds. The van der Waals surface area contributed by atoms with Gasteiger partial charge in [0.2, 0.25) is 10.0 Å². The molecule has 2 aromatic heterocycles. The van der Waals surface area contributed by atoms with E-state index in [1.54, 1.807) is 30.7 Å². The Morgan fingerprint density at radius 3 is 2.39 bits per heavy atom. The second kappa shape index (κ2) is 7.16. The van der Waals surface area contributed by atoms with Crippen LogP contribution in [0.2, 0.25) is 0 Å². The van der Waals surface area contributed by atoms with E-state index in [9.17, 15) is 8.42 Å². The highest BCUT2D eigenvalue weighted by molar-refractivity contribution is 7.89. The summed E-state index contributed by atoms with van der Waals surface area (Å²) in [4.78, 5) is 8.18. The first-order valence-corrected chi connectivity index (χ1v) is 9.05. The zero-order valence-electron chi connectivity index (χ0n) is 12.6. The van der Waals surface area contributed by atoms with Crippen molar-refractivity contribution in [1.82, 2.24) is 14.7 Å². The molecule has 3 heterocycles. The Labute approximate surface area is 136 Å². The summed E-state index contributed by atoms with van der Waals surface area (Å²) < 4.78 is 33.5. The van der Waals surface area contributed by atoms with Crippen LogP contribution in [0.1, 0.15) is 24.4 Å². The molecular weight excluding hydrogens is 314 g/mol. The third-order valence-electron chi connectivity index (χ3n) is 4.01. The second-order valence-electron chi connectivity index (χ2n) is 5.52. The SMILES string of the molecule is O=S(=O)(NC(c1cccnc1)C1CCOCC1)c1cccnc1. The van der Waals surface area contributed by atoms with Crippen LogP contribution in [0.15, 0.2) is 53.9 Å². The Balaban J connectivity index is 1.89. The molecule has 1 saturated heterocycles. The Bertz CT molecular complexity index is 717. The average Bonchev–Trinajstić information content (AvgIpc) is 2.62. The van der Waals surface area contributed by atoms with Crippen LogP contribution >= 0.6 is 0 Å². The van der Waals surface area contributed by atoms with Crippen molar-refractivity contribution in [3.05, 3.63) is 54.6 Å². The molecule has 1 N–H and O–H groups in total. The van der Waals surface area contributed by atoms with Crippen molar-refractivity contribution in [2.75, 3.05) is 13.2 Å². The van der Waals surface area contributed by atoms with E-state index < -0.39 is 10.0 Å². The third kappa shape index (κ3) is 3.93. The van der Waals surface area contributed by atoms with Gasteiger partial charge in [-0.1, -0.05) is 6.07 Å². The first-order chi connectivity index (χ1) is 11.2. The van der Waals surface area contributed by atoms with E-state index in [2.05, 4.69) is 14.7 Å². The first kappa shape index (κ1) is 16.0. The minimum Gasteiger partial charge on any atom is -0.381 e. The zero-order chi connectivity index (χ0) is 16.1. The monoisotopic (exact) mass is 333 g/mol. The number of nitrogens with one attached hydrogen (secondary N) is 1. The maximum Gasteiger partial charge on any atom is 0.242 e. The molecule has 0 bridgehead atoms. The van der Waals surface area contributed by atoms with Gasteiger partial charge in [-0.15, -0.1) is 0 Å². The molecule has 23 heavy (non-hydrogen) atoms. The summed E-state index contributed by atoms with van der Waals surface area (Å²) in [5.74, 6) is 0.180. The number of hydrogen-bond donors (Lipinski definition) is 1. The standard InChI is InChI=1S/C16H19N3O3S/c20-23(21,15-4-2-8-18-12-15)19-16(13-5-9-22-10-6-13)14-3-1-7-17-11-14/h1-4,7-8,11-13,16,19H,5-6,9-10H2. The summed E-state index contributed by atoms with van der Waals surface area (Å²) in [6, 6.07) is 6.55. The molecule has 0 radical (unpaired) electrons. The molecule has 0 aromatic carbocycles. The largest absolute Gasteiger partial charge is 0.381 e. The number of pyridine rings is 2. The zero-order valence-corrected chi connectivity index (χ0v) is 13.4. The summed E-state index contributed by atoms with van der Waals surface area (Å²) in [6.45, 7) is 1.30. The highest BCUT2D eigenvalue weighted by Gasteiger charge is 2.30. The lowest BCUT2D eigenvalue weighted by Gasteiger charge is -2.30. The van der Waals surface area contributed by atoms with Gasteiger partial charge in [-0.2, -0.15) is 0 Å². The Kier molecular flexibility index (Phi) is 5.00. The molecule has 3 rings (SSSR count). The van der Waals surface area contributed by atoms with Gasteiger partial charge in [0.1, 0.15) is 4.90 Å². The van der Waals surface area contributed by atoms with Crippen LogP contribution in [-0.2, 0) is 14.8 Å². The third-order valence-corrected chi connectivity index (χ3v) is 5.43. The van der Waals surface area contributed by atoms with Crippen LogP contribution in [0.4, 0.5) is 0 Å². The van der Waals surface area contributed by atoms with Crippen LogP contribution in [0.25, 0.3) is 0 Å². The summed E-state index contributed by atoms with van der Waals surface area (Å²) in [7, 11) is -3.64. The van der Waals surface area contributed by atoms with Crippen LogP contribution in [0.3, 0.4) is 0 Å². The topological polar surface area (TPSA) is 81.2 Å². The van der Waals surface area contributed by atoms with E-state index in [1.807, 2.05) is 12.1 Å². The quantitative estimate of drug-likeness (QED) is 0.904. The predicted octanol–water partition coefficient (Wildman–Crippen LogP) is 1.92. The summed E-state index contributed by atoms with van der Waals surface area (Å²) in [6.07, 6.45) is 7.93. The van der Waals surface area contributed by atoms with E-state index in [4.69, 9.17) is 4.74 Å². The van der Waals surface area contributed by atoms with Crippen molar-refractivity contribution in [2.45, 2.75) is 23.8 Å². The lowest BCUT2D eigenvalue weighted by molar-refractivity contribution is 0.0564. The first-order valence-electron chi connectivity index (χ1n) is 7.57. The van der Waals surface area contributed by atoms with E-state index in [0.29, 0.717) is 13.2 Å². The number of sulfonamides is 1.